The number of ether oxygens (including phenoxy) is 2. The molecule has 0 radical (unpaired) electrons. The van der Waals surface area contributed by atoms with E-state index in [0.717, 1.165) is 73.1 Å². The van der Waals surface area contributed by atoms with Crippen LogP contribution in [0.1, 0.15) is 48.6 Å². The highest BCUT2D eigenvalue weighted by Crippen LogP contribution is 2.30. The number of hydrogen-bond donors (Lipinski definition) is 2. The summed E-state index contributed by atoms with van der Waals surface area (Å²) in [5.41, 5.74) is 8.49. The van der Waals surface area contributed by atoms with Crippen LogP contribution in [0.2, 0.25) is 0 Å². The molecule has 0 aliphatic heterocycles. The van der Waals surface area contributed by atoms with Crippen molar-refractivity contribution in [1.82, 2.24) is 9.88 Å². The number of nitrogens with two attached hydrogens (primary N) is 1. The van der Waals surface area contributed by atoms with Crippen LogP contribution >= 0.6 is 11.3 Å². The van der Waals surface area contributed by atoms with Crippen LogP contribution in [-0.2, 0) is 6.42 Å². The van der Waals surface area contributed by atoms with Crippen molar-refractivity contribution in [2.24, 2.45) is 10.9 Å². The molecule has 0 saturated heterocycles. The van der Waals surface area contributed by atoms with Gasteiger partial charge in [0.2, 0.25) is 0 Å². The van der Waals surface area contributed by atoms with Gasteiger partial charge in [0, 0.05) is 22.5 Å². The minimum absolute atomic E-state index is 0.0880. The maximum absolute atomic E-state index is 8.71. The molecule has 0 atom stereocenters. The first-order chi connectivity index (χ1) is 17.5. The number of unbranched alkanes of at least 4 members (excludes halogenated alkanes) is 2. The summed E-state index contributed by atoms with van der Waals surface area (Å²) < 4.78 is 11.7. The van der Waals surface area contributed by atoms with E-state index in [1.165, 1.54) is 4.88 Å². The maximum Gasteiger partial charge on any atom is 0.170 e. The Kier molecular flexibility index (Phi) is 11.0. The molecule has 0 spiro atoms. The normalized spacial score (nSPS) is 11.7. The largest absolute Gasteiger partial charge is 0.494 e. The molecule has 3 aromatic rings. The van der Waals surface area contributed by atoms with Gasteiger partial charge in [0.1, 0.15) is 11.5 Å². The molecule has 3 N–H and O–H groups in total. The topological polar surface area (TPSA) is 93.2 Å². The summed E-state index contributed by atoms with van der Waals surface area (Å²) in [7, 11) is 0. The molecule has 0 fully saturated rings. The lowest BCUT2D eigenvalue weighted by Crippen LogP contribution is -2.25. The molecule has 8 heteroatoms. The van der Waals surface area contributed by atoms with Crippen LogP contribution in [0.15, 0.2) is 53.7 Å². The highest BCUT2D eigenvalue weighted by molar-refractivity contribution is 7.12. The van der Waals surface area contributed by atoms with Gasteiger partial charge < -0.3 is 25.3 Å². The van der Waals surface area contributed by atoms with E-state index in [1.807, 2.05) is 24.3 Å². The lowest BCUT2D eigenvalue weighted by molar-refractivity contribution is 0.279. The Hall–Kier alpha value is -3.10. The highest BCUT2D eigenvalue weighted by atomic mass is 32.1. The molecule has 0 saturated carbocycles. The molecule has 0 amide bonds. The lowest BCUT2D eigenvalue weighted by Gasteiger charge is -2.17. The van der Waals surface area contributed by atoms with Crippen molar-refractivity contribution < 1.29 is 14.7 Å². The third kappa shape index (κ3) is 8.24. The van der Waals surface area contributed by atoms with E-state index < -0.39 is 0 Å². The van der Waals surface area contributed by atoms with Crippen LogP contribution in [0, 0.1) is 6.92 Å². The molecule has 2 aromatic carbocycles. The summed E-state index contributed by atoms with van der Waals surface area (Å²) in [5, 5.41) is 12.8. The maximum atomic E-state index is 8.71. The van der Waals surface area contributed by atoms with Crippen LogP contribution in [0.3, 0.4) is 0 Å². The first-order valence-electron chi connectivity index (χ1n) is 12.7. The number of thiazole rings is 1. The number of rotatable bonds is 15. The monoisotopic (exact) mass is 510 g/mol. The summed E-state index contributed by atoms with van der Waals surface area (Å²) in [5.74, 6) is 1.75. The van der Waals surface area contributed by atoms with E-state index in [-0.39, 0.29) is 5.84 Å². The Morgan fingerprint density at radius 3 is 2.08 bits per heavy atom. The number of nitrogens with zero attached hydrogens (tertiary/aromatic N) is 3. The first kappa shape index (κ1) is 27.5. The van der Waals surface area contributed by atoms with Gasteiger partial charge in [-0.25, -0.2) is 4.98 Å². The minimum Gasteiger partial charge on any atom is -0.494 e. The van der Waals surface area contributed by atoms with E-state index in [9.17, 15) is 0 Å². The van der Waals surface area contributed by atoms with Gasteiger partial charge in [-0.3, -0.25) is 0 Å². The number of benzene rings is 2. The van der Waals surface area contributed by atoms with Crippen LogP contribution in [0.5, 0.6) is 11.5 Å². The molecule has 1 aromatic heterocycles. The number of aromatic nitrogens is 1. The van der Waals surface area contributed by atoms with Crippen LogP contribution in [0.4, 0.5) is 0 Å². The molecule has 3 rings (SSSR count). The van der Waals surface area contributed by atoms with E-state index in [0.29, 0.717) is 18.8 Å². The molecular formula is C28H38N4O3S. The van der Waals surface area contributed by atoms with Gasteiger partial charge in [0.05, 0.1) is 23.9 Å². The molecule has 194 valence electrons. The quantitative estimate of drug-likeness (QED) is 0.0892. The van der Waals surface area contributed by atoms with E-state index in [4.69, 9.17) is 25.4 Å². The fraction of sp³-hybridized carbons (Fsp3) is 0.429. The summed E-state index contributed by atoms with van der Waals surface area (Å²) in [6.07, 6.45) is 3.97. The highest BCUT2D eigenvalue weighted by Gasteiger charge is 2.12. The SMILES string of the molecule is CCN(CC)CCc1sc(C)nc1-c1ccc(OCCCCCOc2ccc(/C(N)=N\O)cc2)cc1. The molecule has 0 bridgehead atoms. The van der Waals surface area contributed by atoms with Gasteiger partial charge in [-0.1, -0.05) is 19.0 Å². The molecule has 0 unspecified atom stereocenters. The summed E-state index contributed by atoms with van der Waals surface area (Å²) in [4.78, 5) is 8.61. The zero-order valence-corrected chi connectivity index (χ0v) is 22.4. The molecule has 0 aliphatic rings. The van der Waals surface area contributed by atoms with Crippen LogP contribution < -0.4 is 15.2 Å². The Morgan fingerprint density at radius 1 is 0.944 bits per heavy atom. The molecule has 0 aliphatic carbocycles. The number of oxime groups is 1. The van der Waals surface area contributed by atoms with Crippen molar-refractivity contribution in [1.29, 1.82) is 0 Å². The van der Waals surface area contributed by atoms with Crippen molar-refractivity contribution >= 4 is 17.2 Å². The molecule has 1 heterocycles. The standard InChI is InChI=1S/C28H38N4O3S/c1-4-32(5-2)18-17-26-27(30-21(3)36-26)22-9-13-24(14-10-22)34-19-7-6-8-20-35-25-15-11-23(12-16-25)28(29)31-33/h9-16,33H,4-8,17-20H2,1-3H3,(H2,29,31). The average Bonchev–Trinajstić information content (AvgIpc) is 3.29. The lowest BCUT2D eigenvalue weighted by atomic mass is 10.1. The fourth-order valence-corrected chi connectivity index (χ4v) is 4.86. The molecule has 7 nitrogen and oxygen atoms in total. The third-order valence-corrected chi connectivity index (χ3v) is 7.10. The van der Waals surface area contributed by atoms with Crippen molar-refractivity contribution in [3.05, 3.63) is 64.0 Å². The zero-order valence-electron chi connectivity index (χ0n) is 21.6. The minimum atomic E-state index is 0.0880. The second-order valence-electron chi connectivity index (χ2n) is 8.57. The zero-order chi connectivity index (χ0) is 25.8. The third-order valence-electron chi connectivity index (χ3n) is 6.07. The summed E-state index contributed by atoms with van der Waals surface area (Å²) in [6.45, 7) is 11.0. The fourth-order valence-electron chi connectivity index (χ4n) is 3.91. The Bertz CT molecular complexity index is 1080. The van der Waals surface area contributed by atoms with Crippen molar-refractivity contribution in [2.75, 3.05) is 32.8 Å². The van der Waals surface area contributed by atoms with Crippen LogP contribution in [-0.4, -0.2) is 53.8 Å². The second-order valence-corrected chi connectivity index (χ2v) is 9.86. The molecular weight excluding hydrogens is 472 g/mol. The number of aryl methyl sites for hydroxylation is 1. The van der Waals surface area contributed by atoms with Gasteiger partial charge >= 0.3 is 0 Å². The van der Waals surface area contributed by atoms with Gasteiger partial charge in [-0.2, -0.15) is 0 Å². The number of hydrogen-bond acceptors (Lipinski definition) is 7. The summed E-state index contributed by atoms with van der Waals surface area (Å²) >= 11 is 1.80. The van der Waals surface area contributed by atoms with Gasteiger partial charge in [-0.15, -0.1) is 11.3 Å². The van der Waals surface area contributed by atoms with E-state index >= 15 is 0 Å². The molecule has 36 heavy (non-hydrogen) atoms. The van der Waals surface area contributed by atoms with Gasteiger partial charge in [0.15, 0.2) is 5.84 Å². The average molecular weight is 511 g/mol. The van der Waals surface area contributed by atoms with Crippen molar-refractivity contribution in [3.63, 3.8) is 0 Å². The van der Waals surface area contributed by atoms with Gasteiger partial charge in [-0.05, 0) is 94.2 Å². The van der Waals surface area contributed by atoms with E-state index in [1.54, 1.807) is 23.5 Å². The Morgan fingerprint density at radius 2 is 1.53 bits per heavy atom. The predicted molar refractivity (Wildman–Crippen MR) is 148 cm³/mol. The predicted octanol–water partition coefficient (Wildman–Crippen LogP) is 5.73. The second kappa shape index (κ2) is 14.5. The van der Waals surface area contributed by atoms with Gasteiger partial charge in [0.25, 0.3) is 0 Å². The Balaban J connectivity index is 1.37. The van der Waals surface area contributed by atoms with Crippen LogP contribution in [0.25, 0.3) is 11.3 Å². The van der Waals surface area contributed by atoms with Crippen molar-refractivity contribution in [3.8, 4) is 22.8 Å². The van der Waals surface area contributed by atoms with E-state index in [2.05, 4.69) is 43.0 Å². The number of likely N-dealkylation sites (N-methyl/N-ethyl adjacent to an activating group) is 1. The summed E-state index contributed by atoms with van der Waals surface area (Å²) in [6, 6.07) is 15.5. The number of amidine groups is 1. The van der Waals surface area contributed by atoms with Crippen molar-refractivity contribution in [2.45, 2.75) is 46.5 Å². The Labute approximate surface area is 218 Å². The first-order valence-corrected chi connectivity index (χ1v) is 13.5. The smallest absolute Gasteiger partial charge is 0.170 e.